The molecule has 0 aliphatic carbocycles. The molecule has 0 fully saturated rings. The maximum atomic E-state index is 9.56. The summed E-state index contributed by atoms with van der Waals surface area (Å²) in [5, 5.41) is 9.56. The first-order valence-electron chi connectivity index (χ1n) is 7.59. The van der Waals surface area contributed by atoms with Gasteiger partial charge in [-0.2, -0.15) is 0 Å². The molecular weight excluding hydrogens is 307 g/mol. The molecule has 0 saturated carbocycles. The molecule has 0 aromatic heterocycles. The van der Waals surface area contributed by atoms with Crippen LogP contribution in [0.2, 0.25) is 6.32 Å². The molecule has 0 bridgehead atoms. The van der Waals surface area contributed by atoms with Crippen LogP contribution in [-0.4, -0.2) is 33.5 Å². The summed E-state index contributed by atoms with van der Waals surface area (Å²) in [5.74, 6) is 2.08. The minimum Gasteiger partial charge on any atom is -0.542 e. The summed E-state index contributed by atoms with van der Waals surface area (Å²) in [7, 11) is 4.07. The molecule has 3 rings (SSSR count). The van der Waals surface area contributed by atoms with Crippen molar-refractivity contribution in [2.24, 2.45) is 0 Å². The van der Waals surface area contributed by atoms with Gasteiger partial charge in [0.25, 0.3) is 0 Å². The normalized spacial score (nSPS) is 13.3. The third-order valence-electron chi connectivity index (χ3n) is 3.99. The summed E-state index contributed by atoms with van der Waals surface area (Å²) in [6.07, 6.45) is 2.05. The van der Waals surface area contributed by atoms with E-state index in [4.69, 9.17) is 18.9 Å². The summed E-state index contributed by atoms with van der Waals surface area (Å²) in [6, 6.07) is 11.7. The number of hydrogen-bond acceptors (Lipinski definition) is 5. The van der Waals surface area contributed by atoms with Crippen LogP contribution < -0.4 is 14.2 Å². The lowest BCUT2D eigenvalue weighted by Crippen LogP contribution is -2.08. The van der Waals surface area contributed by atoms with Gasteiger partial charge in [-0.05, 0) is 52.6 Å². The molecule has 5 nitrogen and oxygen atoms in total. The lowest BCUT2D eigenvalue weighted by molar-refractivity contribution is 0.355. The van der Waals surface area contributed by atoms with Gasteiger partial charge in [0.15, 0.2) is 11.5 Å². The van der Waals surface area contributed by atoms with Gasteiger partial charge >= 0.3 is 7.12 Å². The lowest BCUT2D eigenvalue weighted by Gasteiger charge is -2.12. The summed E-state index contributed by atoms with van der Waals surface area (Å²) in [4.78, 5) is 0. The third kappa shape index (κ3) is 3.19. The Hall–Kier alpha value is -2.60. The van der Waals surface area contributed by atoms with Crippen LogP contribution in [0, 0.1) is 0 Å². The molecule has 0 saturated heterocycles. The van der Waals surface area contributed by atoms with E-state index < -0.39 is 7.12 Å². The molecule has 6 heteroatoms. The fourth-order valence-electron chi connectivity index (χ4n) is 2.72. The van der Waals surface area contributed by atoms with Crippen LogP contribution in [0.5, 0.6) is 17.2 Å². The summed E-state index contributed by atoms with van der Waals surface area (Å²) >= 11 is 0. The van der Waals surface area contributed by atoms with Crippen LogP contribution in [0.4, 0.5) is 0 Å². The highest BCUT2D eigenvalue weighted by Crippen LogP contribution is 2.36. The number of hydrogen-bond donors (Lipinski definition) is 1. The van der Waals surface area contributed by atoms with Gasteiger partial charge in [0.1, 0.15) is 5.75 Å². The zero-order chi connectivity index (χ0) is 17.1. The van der Waals surface area contributed by atoms with Crippen molar-refractivity contribution in [3.05, 3.63) is 48.2 Å². The predicted octanol–water partition coefficient (Wildman–Crippen LogP) is 3.23. The maximum Gasteiger partial charge on any atom is 0.526 e. The highest BCUT2D eigenvalue weighted by atomic mass is 16.5. The first-order chi connectivity index (χ1) is 11.6. The minimum absolute atomic E-state index is 0.457. The largest absolute Gasteiger partial charge is 0.542 e. The summed E-state index contributed by atoms with van der Waals surface area (Å²) in [6.45, 7) is 0. The molecule has 0 amide bonds. The van der Waals surface area contributed by atoms with Gasteiger partial charge in [-0.15, -0.1) is 0 Å². The van der Waals surface area contributed by atoms with Crippen molar-refractivity contribution in [3.63, 3.8) is 0 Å². The fraction of sp³-hybridized carbons (Fsp3) is 0.222. The van der Waals surface area contributed by atoms with Crippen LogP contribution in [0.15, 0.2) is 42.7 Å². The molecule has 1 heterocycles. The second-order valence-corrected chi connectivity index (χ2v) is 5.46. The van der Waals surface area contributed by atoms with Crippen molar-refractivity contribution in [2.75, 3.05) is 21.3 Å². The van der Waals surface area contributed by atoms with Gasteiger partial charge in [-0.25, -0.2) is 0 Å². The zero-order valence-corrected chi connectivity index (χ0v) is 13.9. The van der Waals surface area contributed by atoms with Gasteiger partial charge in [0.05, 0.1) is 27.6 Å². The highest BCUT2D eigenvalue weighted by Gasteiger charge is 2.24. The predicted molar refractivity (Wildman–Crippen MR) is 93.4 cm³/mol. The average Bonchev–Trinajstić information content (AvgIpc) is 3.07. The fourth-order valence-corrected chi connectivity index (χ4v) is 2.72. The van der Waals surface area contributed by atoms with Crippen LogP contribution in [0.25, 0.3) is 16.7 Å². The first kappa shape index (κ1) is 16.3. The topological polar surface area (TPSA) is 57.2 Å². The van der Waals surface area contributed by atoms with Crippen molar-refractivity contribution < 1.29 is 23.9 Å². The van der Waals surface area contributed by atoms with E-state index >= 15 is 0 Å². The van der Waals surface area contributed by atoms with E-state index in [2.05, 4.69) is 0 Å². The van der Waals surface area contributed by atoms with E-state index in [0.29, 0.717) is 17.8 Å². The molecule has 2 aromatic rings. The molecule has 1 aliphatic rings. The van der Waals surface area contributed by atoms with E-state index in [-0.39, 0.29) is 0 Å². The Bertz CT molecular complexity index is 772. The van der Waals surface area contributed by atoms with Crippen molar-refractivity contribution in [1.82, 2.24) is 0 Å². The average molecular weight is 326 g/mol. The zero-order valence-electron chi connectivity index (χ0n) is 13.9. The van der Waals surface area contributed by atoms with Gasteiger partial charge in [-0.1, -0.05) is 6.07 Å². The second kappa shape index (κ2) is 6.89. The van der Waals surface area contributed by atoms with Crippen molar-refractivity contribution in [1.29, 1.82) is 0 Å². The quantitative estimate of drug-likeness (QED) is 0.855. The Morgan fingerprint density at radius 1 is 0.875 bits per heavy atom. The third-order valence-corrected chi connectivity index (χ3v) is 3.99. The van der Waals surface area contributed by atoms with E-state index in [9.17, 15) is 5.02 Å². The minimum atomic E-state index is -0.782. The van der Waals surface area contributed by atoms with Crippen LogP contribution in [0.1, 0.15) is 5.56 Å². The number of rotatable bonds is 5. The molecule has 124 valence electrons. The van der Waals surface area contributed by atoms with Crippen LogP contribution in [0.3, 0.4) is 0 Å². The van der Waals surface area contributed by atoms with E-state index in [1.54, 1.807) is 27.6 Å². The van der Waals surface area contributed by atoms with Gasteiger partial charge in [0.2, 0.25) is 0 Å². The Kier molecular flexibility index (Phi) is 4.67. The van der Waals surface area contributed by atoms with E-state index in [0.717, 1.165) is 28.0 Å². The molecule has 0 atom stereocenters. The van der Waals surface area contributed by atoms with E-state index in [1.165, 1.54) is 0 Å². The molecule has 2 aromatic carbocycles. The van der Waals surface area contributed by atoms with Gasteiger partial charge in [-0.3, -0.25) is 0 Å². The second-order valence-electron chi connectivity index (χ2n) is 5.46. The highest BCUT2D eigenvalue weighted by molar-refractivity contribution is 6.47. The molecule has 24 heavy (non-hydrogen) atoms. The Morgan fingerprint density at radius 3 is 2.25 bits per heavy atom. The smallest absolute Gasteiger partial charge is 0.526 e. The lowest BCUT2D eigenvalue weighted by atomic mass is 9.81. The number of methoxy groups -OCH3 is 3. The maximum absolute atomic E-state index is 9.56. The Morgan fingerprint density at radius 2 is 1.62 bits per heavy atom. The standard InChI is InChI=1S/C18H19BO5/c1-21-16-7-13(6-14(8-16)15-10-19(20)24-11-15)12-4-5-17(22-2)18(9-12)23-3/h4-9,11,20H,10H2,1-3H3. The molecule has 0 unspecified atom stereocenters. The molecular formula is C18H19BO5. The monoisotopic (exact) mass is 326 g/mol. The number of benzene rings is 2. The van der Waals surface area contributed by atoms with Gasteiger partial charge in [0, 0.05) is 6.32 Å². The number of ether oxygens (including phenoxy) is 3. The summed E-state index contributed by atoms with van der Waals surface area (Å²) in [5.41, 5.74) is 3.85. The van der Waals surface area contributed by atoms with Crippen LogP contribution >= 0.6 is 0 Å². The molecule has 0 radical (unpaired) electrons. The Balaban J connectivity index is 2.04. The Labute approximate surface area is 141 Å². The molecule has 1 N–H and O–H groups in total. The van der Waals surface area contributed by atoms with E-state index in [1.807, 2.05) is 36.4 Å². The van der Waals surface area contributed by atoms with Gasteiger partial charge < -0.3 is 23.9 Å². The molecule has 1 aliphatic heterocycles. The van der Waals surface area contributed by atoms with Crippen LogP contribution in [-0.2, 0) is 4.65 Å². The summed E-state index contributed by atoms with van der Waals surface area (Å²) < 4.78 is 21.2. The molecule has 0 spiro atoms. The van der Waals surface area contributed by atoms with Crippen molar-refractivity contribution >= 4 is 12.7 Å². The first-order valence-corrected chi connectivity index (χ1v) is 7.59. The van der Waals surface area contributed by atoms with Crippen molar-refractivity contribution in [2.45, 2.75) is 6.32 Å². The number of allylic oxidation sites excluding steroid dienone is 1. The SMILES string of the molecule is COc1cc(C2=COB(O)C2)cc(-c2ccc(OC)c(OC)c2)c1. The van der Waals surface area contributed by atoms with Crippen molar-refractivity contribution in [3.8, 4) is 28.4 Å².